The fourth-order valence-corrected chi connectivity index (χ4v) is 1.72. The number of aromatic nitrogens is 2. The standard InChI is InChI=1S/C13H14N2O2/c16-12(13-14-6-7-15-13)9-2-1-3-11(8-9)17-10-4-5-10/h1-3,6-8,10,12,16H,4-5H2,(H,14,15). The van der Waals surface area contributed by atoms with Crippen LogP contribution in [0.3, 0.4) is 0 Å². The summed E-state index contributed by atoms with van der Waals surface area (Å²) in [6.07, 6.45) is 5.22. The van der Waals surface area contributed by atoms with Crippen LogP contribution >= 0.6 is 0 Å². The lowest BCUT2D eigenvalue weighted by Gasteiger charge is -2.10. The zero-order chi connectivity index (χ0) is 11.7. The number of aliphatic hydroxyl groups is 1. The number of benzene rings is 1. The van der Waals surface area contributed by atoms with Crippen molar-refractivity contribution in [2.24, 2.45) is 0 Å². The topological polar surface area (TPSA) is 58.1 Å². The Kier molecular flexibility index (Phi) is 2.57. The number of ether oxygens (including phenoxy) is 1. The van der Waals surface area contributed by atoms with Crippen molar-refractivity contribution >= 4 is 0 Å². The van der Waals surface area contributed by atoms with Crippen molar-refractivity contribution in [3.8, 4) is 5.75 Å². The van der Waals surface area contributed by atoms with Gasteiger partial charge in [-0.1, -0.05) is 12.1 Å². The van der Waals surface area contributed by atoms with Crippen LogP contribution in [0, 0.1) is 0 Å². The average Bonchev–Trinajstić information content (AvgIpc) is 2.99. The molecule has 0 amide bonds. The first kappa shape index (κ1) is 10.4. The van der Waals surface area contributed by atoms with Crippen LogP contribution in [0.5, 0.6) is 5.75 Å². The minimum atomic E-state index is -0.729. The summed E-state index contributed by atoms with van der Waals surface area (Å²) < 4.78 is 5.69. The van der Waals surface area contributed by atoms with Gasteiger partial charge < -0.3 is 14.8 Å². The van der Waals surface area contributed by atoms with Crippen molar-refractivity contribution in [1.29, 1.82) is 0 Å². The minimum Gasteiger partial charge on any atom is -0.490 e. The zero-order valence-electron chi connectivity index (χ0n) is 9.34. The van der Waals surface area contributed by atoms with Crippen LogP contribution in [0.2, 0.25) is 0 Å². The molecule has 4 nitrogen and oxygen atoms in total. The second kappa shape index (κ2) is 4.22. The number of hydrogen-bond donors (Lipinski definition) is 2. The smallest absolute Gasteiger partial charge is 0.139 e. The number of hydrogen-bond acceptors (Lipinski definition) is 3. The molecule has 1 atom stereocenters. The third kappa shape index (κ3) is 2.31. The van der Waals surface area contributed by atoms with Crippen molar-refractivity contribution in [3.63, 3.8) is 0 Å². The zero-order valence-corrected chi connectivity index (χ0v) is 9.34. The lowest BCUT2D eigenvalue weighted by atomic mass is 10.1. The summed E-state index contributed by atoms with van der Waals surface area (Å²) >= 11 is 0. The molecule has 1 aromatic heterocycles. The Morgan fingerprint density at radius 1 is 1.41 bits per heavy atom. The molecule has 1 unspecified atom stereocenters. The van der Waals surface area contributed by atoms with Crippen molar-refractivity contribution in [2.75, 3.05) is 0 Å². The van der Waals surface area contributed by atoms with E-state index in [1.807, 2.05) is 24.3 Å². The molecule has 17 heavy (non-hydrogen) atoms. The number of nitrogens with one attached hydrogen (secondary N) is 1. The third-order valence-corrected chi connectivity index (χ3v) is 2.78. The molecule has 1 heterocycles. The molecule has 0 aliphatic heterocycles. The average molecular weight is 230 g/mol. The van der Waals surface area contributed by atoms with Crippen LogP contribution < -0.4 is 4.74 Å². The van der Waals surface area contributed by atoms with Crippen molar-refractivity contribution in [3.05, 3.63) is 48.0 Å². The maximum atomic E-state index is 10.1. The molecule has 4 heteroatoms. The Balaban J connectivity index is 1.81. The number of imidazole rings is 1. The summed E-state index contributed by atoms with van der Waals surface area (Å²) in [5.74, 6) is 1.36. The van der Waals surface area contributed by atoms with Gasteiger partial charge in [-0.15, -0.1) is 0 Å². The van der Waals surface area contributed by atoms with E-state index in [0.29, 0.717) is 11.9 Å². The van der Waals surface area contributed by atoms with E-state index < -0.39 is 6.10 Å². The lowest BCUT2D eigenvalue weighted by molar-refractivity contribution is 0.210. The monoisotopic (exact) mass is 230 g/mol. The van der Waals surface area contributed by atoms with Gasteiger partial charge in [0.25, 0.3) is 0 Å². The van der Waals surface area contributed by atoms with Crippen LogP contribution in [0.1, 0.15) is 30.3 Å². The lowest BCUT2D eigenvalue weighted by Crippen LogP contribution is -2.03. The van der Waals surface area contributed by atoms with Crippen LogP contribution in [-0.2, 0) is 0 Å². The fraction of sp³-hybridized carbons (Fsp3) is 0.308. The molecule has 88 valence electrons. The van der Waals surface area contributed by atoms with Gasteiger partial charge in [0, 0.05) is 12.4 Å². The van der Waals surface area contributed by atoms with Gasteiger partial charge in [-0.3, -0.25) is 0 Å². The maximum absolute atomic E-state index is 10.1. The first-order chi connectivity index (χ1) is 8.33. The Labute approximate surface area is 99.3 Å². The molecule has 0 spiro atoms. The predicted molar refractivity (Wildman–Crippen MR) is 62.7 cm³/mol. The number of H-pyrrole nitrogens is 1. The van der Waals surface area contributed by atoms with Gasteiger partial charge in [-0.05, 0) is 30.5 Å². The van der Waals surface area contributed by atoms with Crippen LogP contribution in [0.4, 0.5) is 0 Å². The van der Waals surface area contributed by atoms with Crippen molar-refractivity contribution in [2.45, 2.75) is 25.0 Å². The molecule has 1 aliphatic carbocycles. The van der Waals surface area contributed by atoms with E-state index in [9.17, 15) is 5.11 Å². The summed E-state index contributed by atoms with van der Waals surface area (Å²) in [4.78, 5) is 6.96. The van der Waals surface area contributed by atoms with Crippen LogP contribution in [-0.4, -0.2) is 21.2 Å². The molecule has 2 N–H and O–H groups in total. The molecule has 3 rings (SSSR count). The molecule has 0 bridgehead atoms. The number of aliphatic hydroxyl groups excluding tert-OH is 1. The summed E-state index contributed by atoms with van der Waals surface area (Å²) in [6.45, 7) is 0. The highest BCUT2D eigenvalue weighted by atomic mass is 16.5. The molecule has 0 radical (unpaired) electrons. The summed E-state index contributed by atoms with van der Waals surface area (Å²) in [5, 5.41) is 10.1. The van der Waals surface area contributed by atoms with Crippen molar-refractivity contribution in [1.82, 2.24) is 9.97 Å². The molecule has 1 fully saturated rings. The Morgan fingerprint density at radius 2 is 2.29 bits per heavy atom. The highest BCUT2D eigenvalue weighted by Gasteiger charge is 2.23. The molecular formula is C13H14N2O2. The predicted octanol–water partition coefficient (Wildman–Crippen LogP) is 2.03. The Hall–Kier alpha value is -1.81. The van der Waals surface area contributed by atoms with E-state index >= 15 is 0 Å². The van der Waals surface area contributed by atoms with Gasteiger partial charge in [0.05, 0.1) is 6.10 Å². The molecule has 2 aromatic rings. The number of rotatable bonds is 4. The van der Waals surface area contributed by atoms with Gasteiger partial charge in [-0.25, -0.2) is 4.98 Å². The van der Waals surface area contributed by atoms with E-state index in [1.165, 1.54) is 0 Å². The molecule has 1 saturated carbocycles. The quantitative estimate of drug-likeness (QED) is 0.845. The fourth-order valence-electron chi connectivity index (χ4n) is 1.72. The summed E-state index contributed by atoms with van der Waals surface area (Å²) in [5.41, 5.74) is 0.790. The Morgan fingerprint density at radius 3 is 3.00 bits per heavy atom. The van der Waals surface area contributed by atoms with Gasteiger partial charge in [0.2, 0.25) is 0 Å². The number of aromatic amines is 1. The molecule has 1 aromatic carbocycles. The molecular weight excluding hydrogens is 216 g/mol. The molecule has 1 aliphatic rings. The van der Waals surface area contributed by atoms with Gasteiger partial charge >= 0.3 is 0 Å². The summed E-state index contributed by atoms with van der Waals surface area (Å²) in [7, 11) is 0. The van der Waals surface area contributed by atoms with E-state index in [2.05, 4.69) is 9.97 Å². The van der Waals surface area contributed by atoms with E-state index in [0.717, 1.165) is 24.2 Å². The SMILES string of the molecule is OC(c1cccc(OC2CC2)c1)c1ncc[nH]1. The van der Waals surface area contributed by atoms with Crippen LogP contribution in [0.15, 0.2) is 36.7 Å². The Bertz CT molecular complexity index is 492. The first-order valence-electron chi connectivity index (χ1n) is 5.77. The van der Waals surface area contributed by atoms with E-state index in [-0.39, 0.29) is 0 Å². The highest BCUT2D eigenvalue weighted by Crippen LogP contribution is 2.29. The second-order valence-electron chi connectivity index (χ2n) is 4.27. The van der Waals surface area contributed by atoms with Gasteiger partial charge in [-0.2, -0.15) is 0 Å². The largest absolute Gasteiger partial charge is 0.490 e. The van der Waals surface area contributed by atoms with Gasteiger partial charge in [0.15, 0.2) is 0 Å². The van der Waals surface area contributed by atoms with Crippen LogP contribution in [0.25, 0.3) is 0 Å². The maximum Gasteiger partial charge on any atom is 0.139 e. The number of nitrogens with zero attached hydrogens (tertiary/aromatic N) is 1. The molecule has 0 saturated heterocycles. The first-order valence-corrected chi connectivity index (χ1v) is 5.77. The second-order valence-corrected chi connectivity index (χ2v) is 4.27. The van der Waals surface area contributed by atoms with E-state index in [4.69, 9.17) is 4.74 Å². The normalized spacial score (nSPS) is 16.8. The van der Waals surface area contributed by atoms with Gasteiger partial charge in [0.1, 0.15) is 17.7 Å². The highest BCUT2D eigenvalue weighted by molar-refractivity contribution is 5.32. The van der Waals surface area contributed by atoms with Crippen molar-refractivity contribution < 1.29 is 9.84 Å². The third-order valence-electron chi connectivity index (χ3n) is 2.78. The summed E-state index contributed by atoms with van der Waals surface area (Å²) in [6, 6.07) is 7.54. The van der Waals surface area contributed by atoms with E-state index in [1.54, 1.807) is 12.4 Å². The minimum absolute atomic E-state index is 0.367.